The molecule has 0 saturated carbocycles. The van der Waals surface area contributed by atoms with Crippen LogP contribution in [0.2, 0.25) is 0 Å². The third-order valence-corrected chi connectivity index (χ3v) is 5.93. The fourth-order valence-electron chi connectivity index (χ4n) is 4.42. The Kier molecular flexibility index (Phi) is 3.79. The standard InChI is InChI=1S/C22H23N3O/c26-22(18-5-6-21-17(13-18)7-10-23-21)25-12-9-20(15-25)24-11-8-16-3-1-2-4-19(16)14-24/h1-7,10,13,20,23H,8-9,11-12,14-15H2. The molecule has 1 unspecified atom stereocenters. The second-order valence-corrected chi connectivity index (χ2v) is 7.46. The number of nitrogens with one attached hydrogen (secondary N) is 1. The van der Waals surface area contributed by atoms with Crippen LogP contribution < -0.4 is 0 Å². The molecule has 4 nitrogen and oxygen atoms in total. The van der Waals surface area contributed by atoms with Crippen molar-refractivity contribution in [2.24, 2.45) is 0 Å². The first-order valence-electron chi connectivity index (χ1n) is 9.45. The van der Waals surface area contributed by atoms with E-state index in [0.29, 0.717) is 6.04 Å². The fraction of sp³-hybridized carbons (Fsp3) is 0.318. The van der Waals surface area contributed by atoms with Crippen LogP contribution in [-0.2, 0) is 13.0 Å². The highest BCUT2D eigenvalue weighted by molar-refractivity contribution is 5.98. The molecule has 0 spiro atoms. The maximum absolute atomic E-state index is 12.9. The molecule has 3 aromatic rings. The predicted molar refractivity (Wildman–Crippen MR) is 103 cm³/mol. The van der Waals surface area contributed by atoms with E-state index in [-0.39, 0.29) is 5.91 Å². The summed E-state index contributed by atoms with van der Waals surface area (Å²) in [6, 6.07) is 17.2. The van der Waals surface area contributed by atoms with E-state index in [9.17, 15) is 4.79 Å². The van der Waals surface area contributed by atoms with Crippen LogP contribution in [0.25, 0.3) is 10.9 Å². The highest BCUT2D eigenvalue weighted by atomic mass is 16.2. The van der Waals surface area contributed by atoms with Crippen LogP contribution in [0.5, 0.6) is 0 Å². The van der Waals surface area contributed by atoms with Crippen LogP contribution in [0.3, 0.4) is 0 Å². The number of likely N-dealkylation sites (tertiary alicyclic amines) is 1. The second-order valence-electron chi connectivity index (χ2n) is 7.46. The van der Waals surface area contributed by atoms with Gasteiger partial charge in [-0.05, 0) is 48.2 Å². The third kappa shape index (κ3) is 2.71. The molecule has 2 aromatic carbocycles. The zero-order valence-corrected chi connectivity index (χ0v) is 14.8. The Morgan fingerprint density at radius 3 is 2.85 bits per heavy atom. The Bertz CT molecular complexity index is 961. The number of carbonyl (C=O) groups excluding carboxylic acids is 1. The van der Waals surface area contributed by atoms with E-state index in [1.165, 1.54) is 11.1 Å². The Hall–Kier alpha value is -2.59. The first kappa shape index (κ1) is 15.6. The van der Waals surface area contributed by atoms with Gasteiger partial charge in [0.15, 0.2) is 0 Å². The lowest BCUT2D eigenvalue weighted by molar-refractivity contribution is 0.0773. The molecule has 1 aromatic heterocycles. The number of rotatable bonds is 2. The lowest BCUT2D eigenvalue weighted by atomic mass is 9.98. The Morgan fingerprint density at radius 1 is 1.04 bits per heavy atom. The van der Waals surface area contributed by atoms with E-state index in [2.05, 4.69) is 34.1 Å². The molecule has 26 heavy (non-hydrogen) atoms. The van der Waals surface area contributed by atoms with Gasteiger partial charge in [0.2, 0.25) is 0 Å². The van der Waals surface area contributed by atoms with E-state index < -0.39 is 0 Å². The van der Waals surface area contributed by atoms with E-state index in [4.69, 9.17) is 0 Å². The Balaban J connectivity index is 1.29. The highest BCUT2D eigenvalue weighted by Gasteiger charge is 2.32. The largest absolute Gasteiger partial charge is 0.361 e. The molecule has 4 heteroatoms. The Morgan fingerprint density at radius 2 is 1.92 bits per heavy atom. The van der Waals surface area contributed by atoms with Gasteiger partial charge in [-0.1, -0.05) is 24.3 Å². The van der Waals surface area contributed by atoms with E-state index in [1.807, 2.05) is 35.4 Å². The molecule has 1 fully saturated rings. The monoisotopic (exact) mass is 345 g/mol. The van der Waals surface area contributed by atoms with Crippen molar-refractivity contribution in [1.29, 1.82) is 0 Å². The number of hydrogen-bond donors (Lipinski definition) is 1. The number of nitrogens with zero attached hydrogens (tertiary/aromatic N) is 2. The summed E-state index contributed by atoms with van der Waals surface area (Å²) in [4.78, 5) is 20.7. The van der Waals surface area contributed by atoms with Crippen molar-refractivity contribution in [3.05, 3.63) is 71.4 Å². The molecule has 132 valence electrons. The van der Waals surface area contributed by atoms with Crippen molar-refractivity contribution in [3.8, 4) is 0 Å². The van der Waals surface area contributed by atoms with Gasteiger partial charge in [-0.2, -0.15) is 0 Å². The van der Waals surface area contributed by atoms with Crippen LogP contribution in [0.15, 0.2) is 54.7 Å². The predicted octanol–water partition coefficient (Wildman–Crippen LogP) is 3.44. The molecule has 1 amide bonds. The summed E-state index contributed by atoms with van der Waals surface area (Å²) >= 11 is 0. The van der Waals surface area contributed by atoms with E-state index >= 15 is 0 Å². The van der Waals surface area contributed by atoms with Gasteiger partial charge in [0.1, 0.15) is 0 Å². The average Bonchev–Trinajstić information content (AvgIpc) is 3.36. The summed E-state index contributed by atoms with van der Waals surface area (Å²) in [7, 11) is 0. The summed E-state index contributed by atoms with van der Waals surface area (Å²) in [6.07, 6.45) is 4.10. The molecule has 2 aliphatic rings. The number of aromatic amines is 1. The van der Waals surface area contributed by atoms with Crippen LogP contribution in [0, 0.1) is 0 Å². The number of amides is 1. The molecule has 5 rings (SSSR count). The number of carbonyl (C=O) groups is 1. The lowest BCUT2D eigenvalue weighted by Gasteiger charge is -2.33. The molecular formula is C22H23N3O. The number of H-pyrrole nitrogens is 1. The molecular weight excluding hydrogens is 322 g/mol. The quantitative estimate of drug-likeness (QED) is 0.773. The number of aromatic nitrogens is 1. The number of hydrogen-bond acceptors (Lipinski definition) is 2. The number of benzene rings is 2. The first-order chi connectivity index (χ1) is 12.8. The van der Waals surface area contributed by atoms with Gasteiger partial charge in [-0.15, -0.1) is 0 Å². The zero-order chi connectivity index (χ0) is 17.5. The highest BCUT2D eigenvalue weighted by Crippen LogP contribution is 2.25. The van der Waals surface area contributed by atoms with Crippen LogP contribution in [0.1, 0.15) is 27.9 Å². The maximum Gasteiger partial charge on any atom is 0.253 e. The fourth-order valence-corrected chi connectivity index (χ4v) is 4.42. The SMILES string of the molecule is O=C(c1ccc2[nH]ccc2c1)N1CCC(N2CCc3ccccc3C2)C1. The van der Waals surface area contributed by atoms with Crippen molar-refractivity contribution >= 4 is 16.8 Å². The molecule has 2 aliphatic heterocycles. The number of fused-ring (bicyclic) bond motifs is 2. The molecule has 0 radical (unpaired) electrons. The minimum Gasteiger partial charge on any atom is -0.361 e. The zero-order valence-electron chi connectivity index (χ0n) is 14.8. The minimum absolute atomic E-state index is 0.160. The molecule has 3 heterocycles. The van der Waals surface area contributed by atoms with Crippen molar-refractivity contribution in [2.75, 3.05) is 19.6 Å². The van der Waals surface area contributed by atoms with E-state index in [1.54, 1.807) is 0 Å². The summed E-state index contributed by atoms with van der Waals surface area (Å²) in [5.41, 5.74) is 4.80. The van der Waals surface area contributed by atoms with Crippen molar-refractivity contribution in [1.82, 2.24) is 14.8 Å². The molecule has 0 aliphatic carbocycles. The summed E-state index contributed by atoms with van der Waals surface area (Å²) in [6.45, 7) is 3.80. The summed E-state index contributed by atoms with van der Waals surface area (Å²) in [5.74, 6) is 0.160. The molecule has 1 saturated heterocycles. The van der Waals surface area contributed by atoms with Gasteiger partial charge in [0.25, 0.3) is 5.91 Å². The van der Waals surface area contributed by atoms with Gasteiger partial charge in [0.05, 0.1) is 0 Å². The van der Waals surface area contributed by atoms with Gasteiger partial charge < -0.3 is 9.88 Å². The van der Waals surface area contributed by atoms with Crippen molar-refractivity contribution < 1.29 is 4.79 Å². The Labute approximate surface area is 153 Å². The lowest BCUT2D eigenvalue weighted by Crippen LogP contribution is -2.41. The van der Waals surface area contributed by atoms with Gasteiger partial charge in [0, 0.05) is 54.9 Å². The van der Waals surface area contributed by atoms with Crippen molar-refractivity contribution in [3.63, 3.8) is 0 Å². The average molecular weight is 345 g/mol. The van der Waals surface area contributed by atoms with Crippen LogP contribution in [0.4, 0.5) is 0 Å². The van der Waals surface area contributed by atoms with E-state index in [0.717, 1.165) is 55.5 Å². The minimum atomic E-state index is 0.160. The second kappa shape index (κ2) is 6.29. The molecule has 1 atom stereocenters. The topological polar surface area (TPSA) is 39.3 Å². The van der Waals surface area contributed by atoms with Crippen LogP contribution >= 0.6 is 0 Å². The van der Waals surface area contributed by atoms with Gasteiger partial charge >= 0.3 is 0 Å². The smallest absolute Gasteiger partial charge is 0.253 e. The summed E-state index contributed by atoms with van der Waals surface area (Å²) in [5, 5.41) is 1.10. The molecule has 0 bridgehead atoms. The van der Waals surface area contributed by atoms with Crippen LogP contribution in [-0.4, -0.2) is 46.4 Å². The third-order valence-electron chi connectivity index (χ3n) is 5.93. The van der Waals surface area contributed by atoms with Crippen molar-refractivity contribution in [2.45, 2.75) is 25.4 Å². The normalized spacial score (nSPS) is 20.5. The van der Waals surface area contributed by atoms with Gasteiger partial charge in [-0.25, -0.2) is 0 Å². The van der Waals surface area contributed by atoms with Gasteiger partial charge in [-0.3, -0.25) is 9.69 Å². The maximum atomic E-state index is 12.9. The summed E-state index contributed by atoms with van der Waals surface area (Å²) < 4.78 is 0. The first-order valence-corrected chi connectivity index (χ1v) is 9.45. The molecule has 1 N–H and O–H groups in total.